The zero-order chi connectivity index (χ0) is 19.7. The van der Waals surface area contributed by atoms with Crippen LogP contribution in [0.1, 0.15) is 51.9 Å². The van der Waals surface area contributed by atoms with Crippen LogP contribution in [0.2, 0.25) is 0 Å². The van der Waals surface area contributed by atoms with Crippen molar-refractivity contribution in [2.75, 3.05) is 11.9 Å². The summed E-state index contributed by atoms with van der Waals surface area (Å²) < 4.78 is 5.66. The van der Waals surface area contributed by atoms with Gasteiger partial charge in [0.25, 0.3) is 5.91 Å². The number of Topliss-reactive ketones (excluding diaryl/α,β-unsaturated/α-hetero) is 1. The number of ketones is 1. The van der Waals surface area contributed by atoms with Crippen LogP contribution in [0.4, 0.5) is 5.13 Å². The maximum Gasteiger partial charge on any atom is 0.274 e. The van der Waals surface area contributed by atoms with Crippen molar-refractivity contribution in [1.82, 2.24) is 9.97 Å². The van der Waals surface area contributed by atoms with Crippen molar-refractivity contribution < 1.29 is 14.3 Å². The Bertz CT molecular complexity index is 1050. The highest BCUT2D eigenvalue weighted by Crippen LogP contribution is 2.33. The molecule has 0 fully saturated rings. The quantitative estimate of drug-likeness (QED) is 0.660. The number of nitrogens with zero attached hydrogens (tertiary/aromatic N) is 1. The minimum absolute atomic E-state index is 0.109. The molecule has 28 heavy (non-hydrogen) atoms. The van der Waals surface area contributed by atoms with Gasteiger partial charge in [0.05, 0.1) is 12.3 Å². The average molecular weight is 395 g/mol. The number of ether oxygens (including phenoxy) is 1. The van der Waals surface area contributed by atoms with Crippen LogP contribution in [0.5, 0.6) is 5.75 Å². The normalized spacial score (nSPS) is 13.3. The second-order valence-corrected chi connectivity index (χ2v) is 7.53. The van der Waals surface area contributed by atoms with Crippen molar-refractivity contribution in [3.8, 4) is 17.0 Å². The maximum atomic E-state index is 12.8. The number of H-pyrrole nitrogens is 1. The van der Waals surface area contributed by atoms with Gasteiger partial charge < -0.3 is 9.72 Å². The van der Waals surface area contributed by atoms with Crippen LogP contribution >= 0.6 is 11.3 Å². The summed E-state index contributed by atoms with van der Waals surface area (Å²) in [5.74, 6) is 0.594. The fourth-order valence-corrected chi connectivity index (χ4v) is 4.28. The lowest BCUT2D eigenvalue weighted by Crippen LogP contribution is -2.13. The summed E-state index contributed by atoms with van der Waals surface area (Å²) in [5, 5.41) is 5.25. The fourth-order valence-electron chi connectivity index (χ4n) is 3.58. The van der Waals surface area contributed by atoms with Crippen molar-refractivity contribution in [3.63, 3.8) is 0 Å². The third-order valence-electron chi connectivity index (χ3n) is 4.85. The molecule has 4 rings (SSSR count). The van der Waals surface area contributed by atoms with Crippen LogP contribution in [0.15, 0.2) is 29.6 Å². The van der Waals surface area contributed by atoms with Gasteiger partial charge in [0.2, 0.25) is 0 Å². The number of para-hydroxylation sites is 1. The Morgan fingerprint density at radius 1 is 1.32 bits per heavy atom. The monoisotopic (exact) mass is 395 g/mol. The van der Waals surface area contributed by atoms with Crippen LogP contribution in [0.25, 0.3) is 11.3 Å². The third kappa shape index (κ3) is 3.33. The van der Waals surface area contributed by atoms with Gasteiger partial charge in [0.15, 0.2) is 10.9 Å². The van der Waals surface area contributed by atoms with Gasteiger partial charge in [-0.3, -0.25) is 14.9 Å². The number of nitrogens with one attached hydrogen (secondary N) is 2. The Balaban J connectivity index is 1.57. The Morgan fingerprint density at radius 2 is 2.14 bits per heavy atom. The van der Waals surface area contributed by atoms with Crippen molar-refractivity contribution in [2.45, 2.75) is 33.1 Å². The van der Waals surface area contributed by atoms with Crippen LogP contribution in [0, 0.1) is 6.92 Å². The van der Waals surface area contributed by atoms with Crippen LogP contribution in [-0.2, 0) is 6.42 Å². The molecule has 1 aliphatic rings. The number of aromatic nitrogens is 2. The van der Waals surface area contributed by atoms with Crippen LogP contribution in [-0.4, -0.2) is 28.3 Å². The van der Waals surface area contributed by atoms with E-state index < -0.39 is 0 Å². The first kappa shape index (κ1) is 18.4. The second kappa shape index (κ2) is 7.59. The third-order valence-corrected chi connectivity index (χ3v) is 5.61. The smallest absolute Gasteiger partial charge is 0.274 e. The van der Waals surface area contributed by atoms with E-state index in [2.05, 4.69) is 15.3 Å². The molecule has 0 spiro atoms. The molecule has 1 amide bonds. The maximum absolute atomic E-state index is 12.8. The number of aromatic amines is 1. The zero-order valence-corrected chi connectivity index (χ0v) is 16.6. The predicted octanol–water partition coefficient (Wildman–Crippen LogP) is 4.62. The first-order valence-electron chi connectivity index (χ1n) is 9.32. The molecule has 0 radical (unpaired) electrons. The zero-order valence-electron chi connectivity index (χ0n) is 15.8. The highest BCUT2D eigenvalue weighted by Gasteiger charge is 2.26. The largest absolute Gasteiger partial charge is 0.493 e. The van der Waals surface area contributed by atoms with Gasteiger partial charge in [0.1, 0.15) is 11.4 Å². The van der Waals surface area contributed by atoms with Gasteiger partial charge >= 0.3 is 0 Å². The lowest BCUT2D eigenvalue weighted by Gasteiger charge is -2.09. The minimum Gasteiger partial charge on any atom is -0.493 e. The number of benzene rings is 1. The van der Waals surface area contributed by atoms with Gasteiger partial charge in [0, 0.05) is 28.6 Å². The van der Waals surface area contributed by atoms with Gasteiger partial charge in [-0.15, -0.1) is 11.3 Å². The summed E-state index contributed by atoms with van der Waals surface area (Å²) in [4.78, 5) is 32.6. The summed E-state index contributed by atoms with van der Waals surface area (Å²) in [6, 6.07) is 7.70. The number of thiazole rings is 1. The number of fused-ring (bicyclic) bond motifs is 1. The van der Waals surface area contributed by atoms with Crippen molar-refractivity contribution in [1.29, 1.82) is 0 Å². The van der Waals surface area contributed by atoms with E-state index in [1.54, 1.807) is 0 Å². The second-order valence-electron chi connectivity index (χ2n) is 6.68. The van der Waals surface area contributed by atoms with E-state index in [1.165, 1.54) is 11.3 Å². The summed E-state index contributed by atoms with van der Waals surface area (Å²) in [5.41, 5.74) is 4.34. The molecule has 1 aliphatic carbocycles. The topological polar surface area (TPSA) is 84.1 Å². The van der Waals surface area contributed by atoms with Crippen LogP contribution in [0.3, 0.4) is 0 Å². The SMILES string of the molecule is CCOc1ccccc1-c1csc(NC(=O)c2[nH]c3c(c2C)C(=O)CCC3)n1. The Morgan fingerprint density at radius 3 is 2.93 bits per heavy atom. The number of hydrogen-bond acceptors (Lipinski definition) is 5. The van der Waals surface area contributed by atoms with E-state index in [1.807, 2.05) is 43.5 Å². The van der Waals surface area contributed by atoms with Gasteiger partial charge in [-0.2, -0.15) is 0 Å². The molecular weight excluding hydrogens is 374 g/mol. The van der Waals surface area contributed by atoms with Gasteiger partial charge in [-0.25, -0.2) is 4.98 Å². The lowest BCUT2D eigenvalue weighted by atomic mass is 9.94. The number of carbonyl (C=O) groups is 2. The average Bonchev–Trinajstić information content (AvgIpc) is 3.28. The number of amides is 1. The van der Waals surface area contributed by atoms with E-state index >= 15 is 0 Å². The number of carbonyl (C=O) groups excluding carboxylic acids is 2. The standard InChI is InChI=1S/C21H21N3O3S/c1-3-27-17-10-5-4-7-13(17)15-11-28-21(23-15)24-20(26)19-12(2)18-14(22-19)8-6-9-16(18)25/h4-5,7,10-11,22H,3,6,8-9H2,1-2H3,(H,23,24,26). The van der Waals surface area contributed by atoms with Gasteiger partial charge in [-0.05, 0) is 44.4 Å². The molecule has 2 aromatic heterocycles. The molecular formula is C21H21N3O3S. The highest BCUT2D eigenvalue weighted by atomic mass is 32.1. The fraction of sp³-hybridized carbons (Fsp3) is 0.286. The van der Waals surface area contributed by atoms with Crippen molar-refractivity contribution >= 4 is 28.2 Å². The molecule has 2 N–H and O–H groups in total. The number of hydrogen-bond donors (Lipinski definition) is 2. The van der Waals surface area contributed by atoms with Crippen LogP contribution < -0.4 is 10.1 Å². The molecule has 6 nitrogen and oxygen atoms in total. The first-order valence-corrected chi connectivity index (χ1v) is 10.2. The summed E-state index contributed by atoms with van der Waals surface area (Å²) >= 11 is 1.36. The predicted molar refractivity (Wildman–Crippen MR) is 109 cm³/mol. The molecule has 1 aromatic carbocycles. The molecule has 0 saturated carbocycles. The van der Waals surface area contributed by atoms with E-state index in [-0.39, 0.29) is 11.7 Å². The molecule has 0 aliphatic heterocycles. The van der Waals surface area contributed by atoms with E-state index in [0.717, 1.165) is 41.1 Å². The summed E-state index contributed by atoms with van der Waals surface area (Å²) in [7, 11) is 0. The Hall–Kier alpha value is -2.93. The molecule has 3 aromatic rings. The van der Waals surface area contributed by atoms with Gasteiger partial charge in [-0.1, -0.05) is 12.1 Å². The number of aryl methyl sites for hydroxylation is 1. The molecule has 0 saturated heterocycles. The molecule has 0 unspecified atom stereocenters. The molecule has 7 heteroatoms. The summed E-state index contributed by atoms with van der Waals surface area (Å²) in [6.07, 6.45) is 2.16. The summed E-state index contributed by atoms with van der Waals surface area (Å²) in [6.45, 7) is 4.33. The van der Waals surface area contributed by atoms with E-state index in [4.69, 9.17) is 4.74 Å². The molecule has 144 valence electrons. The molecule has 0 bridgehead atoms. The number of rotatable bonds is 5. The number of anilines is 1. The van der Waals surface area contributed by atoms with E-state index in [9.17, 15) is 9.59 Å². The lowest BCUT2D eigenvalue weighted by molar-refractivity contribution is 0.0971. The van der Waals surface area contributed by atoms with Crippen molar-refractivity contribution in [3.05, 3.63) is 52.2 Å². The van der Waals surface area contributed by atoms with Crippen molar-refractivity contribution in [2.24, 2.45) is 0 Å². The Labute approximate surface area is 167 Å². The Kier molecular flexibility index (Phi) is 5.00. The minimum atomic E-state index is -0.279. The highest BCUT2D eigenvalue weighted by molar-refractivity contribution is 7.14. The van der Waals surface area contributed by atoms with E-state index in [0.29, 0.717) is 29.4 Å². The molecule has 2 heterocycles. The molecule has 0 atom stereocenters. The first-order chi connectivity index (χ1) is 13.6.